The summed E-state index contributed by atoms with van der Waals surface area (Å²) in [6, 6.07) is -0.531. The van der Waals surface area contributed by atoms with Crippen LogP contribution in [0.2, 0.25) is 0 Å². The molecule has 0 aromatic carbocycles. The van der Waals surface area contributed by atoms with Crippen LogP contribution in [-0.2, 0) is 19.1 Å². The van der Waals surface area contributed by atoms with E-state index >= 15 is 0 Å². The molecule has 3 atom stereocenters. The summed E-state index contributed by atoms with van der Waals surface area (Å²) in [6.07, 6.45) is 2.74. The minimum Gasteiger partial charge on any atom is -0.481 e. The number of carboxylic acid groups (broad SMARTS) is 1. The predicted octanol–water partition coefficient (Wildman–Crippen LogP) is 0.651. The third-order valence-corrected chi connectivity index (χ3v) is 3.77. The van der Waals surface area contributed by atoms with Gasteiger partial charge in [0.15, 0.2) is 0 Å². The van der Waals surface area contributed by atoms with Crippen LogP contribution in [0, 0.1) is 11.8 Å². The number of carbonyl (C=O) groups is 3. The summed E-state index contributed by atoms with van der Waals surface area (Å²) in [5, 5.41) is 8.87. The molecule has 1 saturated heterocycles. The van der Waals surface area contributed by atoms with Crippen LogP contribution in [0.15, 0.2) is 0 Å². The van der Waals surface area contributed by atoms with E-state index in [2.05, 4.69) is 0 Å². The molecule has 1 aliphatic carbocycles. The van der Waals surface area contributed by atoms with Crippen molar-refractivity contribution in [2.75, 3.05) is 13.2 Å². The van der Waals surface area contributed by atoms with Gasteiger partial charge in [-0.2, -0.15) is 0 Å². The maximum atomic E-state index is 12.2. The Balaban J connectivity index is 2.01. The number of nitrogens with zero attached hydrogens (tertiary/aromatic N) is 1. The lowest BCUT2D eigenvalue weighted by molar-refractivity contribution is -0.157. The molecule has 0 radical (unpaired) electrons. The highest BCUT2D eigenvalue weighted by Crippen LogP contribution is 2.41. The molecule has 6 nitrogen and oxygen atoms in total. The Hall–Kier alpha value is -1.59. The summed E-state index contributed by atoms with van der Waals surface area (Å²) in [5.74, 6) is -2.53. The van der Waals surface area contributed by atoms with Gasteiger partial charge in [0.05, 0.1) is 18.4 Å². The van der Waals surface area contributed by atoms with E-state index < -0.39 is 23.8 Å². The van der Waals surface area contributed by atoms with Crippen molar-refractivity contribution in [2.45, 2.75) is 38.6 Å². The van der Waals surface area contributed by atoms with E-state index in [0.29, 0.717) is 26.0 Å². The molecule has 2 rings (SSSR count). The van der Waals surface area contributed by atoms with Crippen LogP contribution >= 0.6 is 0 Å². The van der Waals surface area contributed by atoms with E-state index in [1.54, 1.807) is 6.92 Å². The summed E-state index contributed by atoms with van der Waals surface area (Å²) in [6.45, 7) is 2.54. The lowest BCUT2D eigenvalue weighted by atomic mass is 10.0. The van der Waals surface area contributed by atoms with Crippen molar-refractivity contribution in [3.63, 3.8) is 0 Å². The molecule has 19 heavy (non-hydrogen) atoms. The molecule has 1 heterocycles. The van der Waals surface area contributed by atoms with Crippen molar-refractivity contribution in [3.8, 4) is 0 Å². The minimum absolute atomic E-state index is 0.204. The van der Waals surface area contributed by atoms with Gasteiger partial charge in [-0.05, 0) is 32.6 Å². The molecule has 1 aliphatic heterocycles. The Morgan fingerprint density at radius 1 is 1.26 bits per heavy atom. The highest BCUT2D eigenvalue weighted by atomic mass is 16.5. The van der Waals surface area contributed by atoms with Gasteiger partial charge in [-0.25, -0.2) is 4.79 Å². The van der Waals surface area contributed by atoms with Crippen LogP contribution in [-0.4, -0.2) is 47.0 Å². The Bertz CT molecular complexity index is 394. The Labute approximate surface area is 111 Å². The number of carbonyl (C=O) groups excluding carboxylic acids is 2. The first-order valence-electron chi connectivity index (χ1n) is 6.76. The zero-order valence-corrected chi connectivity index (χ0v) is 11.0. The lowest BCUT2D eigenvalue weighted by Crippen LogP contribution is -2.49. The molecule has 1 amide bonds. The second kappa shape index (κ2) is 5.59. The first-order valence-corrected chi connectivity index (χ1v) is 6.76. The average Bonchev–Trinajstić information content (AvgIpc) is 3.18. The number of hydrogen-bond donors (Lipinski definition) is 1. The topological polar surface area (TPSA) is 83.9 Å². The number of carboxylic acids is 1. The third kappa shape index (κ3) is 2.88. The van der Waals surface area contributed by atoms with Gasteiger partial charge in [0, 0.05) is 6.54 Å². The highest BCUT2D eigenvalue weighted by Gasteiger charge is 2.51. The largest absolute Gasteiger partial charge is 0.481 e. The molecular formula is C13H19NO5. The lowest BCUT2D eigenvalue weighted by Gasteiger charge is -2.34. The second-order valence-corrected chi connectivity index (χ2v) is 5.08. The Morgan fingerprint density at radius 3 is 2.58 bits per heavy atom. The van der Waals surface area contributed by atoms with Crippen LogP contribution < -0.4 is 0 Å². The normalized spacial score (nSPS) is 29.7. The van der Waals surface area contributed by atoms with Gasteiger partial charge < -0.3 is 14.7 Å². The number of piperidine rings is 1. The van der Waals surface area contributed by atoms with E-state index in [1.165, 1.54) is 4.90 Å². The van der Waals surface area contributed by atoms with Crippen molar-refractivity contribution in [3.05, 3.63) is 0 Å². The Kier molecular flexibility index (Phi) is 4.07. The van der Waals surface area contributed by atoms with Crippen LogP contribution in [0.25, 0.3) is 0 Å². The average molecular weight is 269 g/mol. The molecule has 0 spiro atoms. The van der Waals surface area contributed by atoms with Gasteiger partial charge in [-0.3, -0.25) is 9.59 Å². The van der Waals surface area contributed by atoms with Gasteiger partial charge in [-0.1, -0.05) is 0 Å². The molecule has 106 valence electrons. The van der Waals surface area contributed by atoms with Crippen LogP contribution in [0.3, 0.4) is 0 Å². The number of rotatable bonds is 4. The number of likely N-dealkylation sites (tertiary alicyclic amines) is 1. The van der Waals surface area contributed by atoms with Gasteiger partial charge in [-0.15, -0.1) is 0 Å². The van der Waals surface area contributed by atoms with Crippen LogP contribution in [0.1, 0.15) is 32.6 Å². The Morgan fingerprint density at radius 2 is 2.00 bits per heavy atom. The molecule has 6 heteroatoms. The molecule has 1 N–H and O–H groups in total. The zero-order valence-electron chi connectivity index (χ0n) is 11.0. The highest BCUT2D eigenvalue weighted by molar-refractivity contribution is 5.92. The number of aliphatic carboxylic acids is 1. The summed E-state index contributed by atoms with van der Waals surface area (Å²) in [4.78, 5) is 36.4. The fourth-order valence-electron chi connectivity index (χ4n) is 2.63. The summed E-state index contributed by atoms with van der Waals surface area (Å²) >= 11 is 0. The molecule has 2 fully saturated rings. The van der Waals surface area contributed by atoms with Gasteiger partial charge in [0.1, 0.15) is 6.04 Å². The molecule has 0 aromatic heterocycles. The molecule has 1 saturated carbocycles. The maximum Gasteiger partial charge on any atom is 0.328 e. The van der Waals surface area contributed by atoms with Crippen molar-refractivity contribution in [1.29, 1.82) is 0 Å². The van der Waals surface area contributed by atoms with E-state index in [9.17, 15) is 14.4 Å². The summed E-state index contributed by atoms with van der Waals surface area (Å²) < 4.78 is 4.99. The summed E-state index contributed by atoms with van der Waals surface area (Å²) in [7, 11) is 0. The number of amides is 1. The van der Waals surface area contributed by atoms with E-state index in [4.69, 9.17) is 9.84 Å². The molecule has 2 aliphatic rings. The maximum absolute atomic E-state index is 12.2. The van der Waals surface area contributed by atoms with Gasteiger partial charge >= 0.3 is 11.9 Å². The van der Waals surface area contributed by atoms with Crippen molar-refractivity contribution < 1.29 is 24.2 Å². The molecule has 0 aromatic rings. The fourth-order valence-corrected chi connectivity index (χ4v) is 2.63. The molecule has 0 bridgehead atoms. The fraction of sp³-hybridized carbons (Fsp3) is 0.769. The second-order valence-electron chi connectivity index (χ2n) is 5.08. The molecular weight excluding hydrogens is 250 g/mol. The first kappa shape index (κ1) is 13.8. The van der Waals surface area contributed by atoms with Crippen molar-refractivity contribution >= 4 is 17.8 Å². The van der Waals surface area contributed by atoms with Gasteiger partial charge in [0.25, 0.3) is 0 Å². The number of hydrogen-bond acceptors (Lipinski definition) is 4. The van der Waals surface area contributed by atoms with E-state index in [-0.39, 0.29) is 11.9 Å². The third-order valence-electron chi connectivity index (χ3n) is 3.77. The van der Waals surface area contributed by atoms with E-state index in [0.717, 1.165) is 12.8 Å². The number of esters is 1. The van der Waals surface area contributed by atoms with Crippen molar-refractivity contribution in [1.82, 2.24) is 4.90 Å². The minimum atomic E-state index is -0.928. The van der Waals surface area contributed by atoms with Crippen LogP contribution in [0.4, 0.5) is 0 Å². The van der Waals surface area contributed by atoms with Gasteiger partial charge in [0.2, 0.25) is 5.91 Å². The number of ether oxygens (including phenoxy) is 1. The zero-order chi connectivity index (χ0) is 14.0. The summed E-state index contributed by atoms with van der Waals surface area (Å²) in [5.41, 5.74) is 0. The standard InChI is InChI=1S/C13H19NO5/c1-2-19-13(18)10-5-3-4-6-14(10)11(15)8-7-9(8)12(16)17/h8-10H,2-7H2,1H3,(H,16,17)/t8-,9+,10?/m1/s1. The quantitative estimate of drug-likeness (QED) is 0.758. The predicted molar refractivity (Wildman–Crippen MR) is 65.2 cm³/mol. The SMILES string of the molecule is CCOC(=O)C1CCCCN1C(=O)[C@@H]1C[C@@H]1C(=O)O. The smallest absolute Gasteiger partial charge is 0.328 e. The first-order chi connectivity index (χ1) is 9.06. The van der Waals surface area contributed by atoms with E-state index in [1.807, 2.05) is 0 Å². The van der Waals surface area contributed by atoms with Crippen LogP contribution in [0.5, 0.6) is 0 Å². The van der Waals surface area contributed by atoms with Crippen molar-refractivity contribution in [2.24, 2.45) is 11.8 Å². The monoisotopic (exact) mass is 269 g/mol. The molecule has 1 unspecified atom stereocenters.